The summed E-state index contributed by atoms with van der Waals surface area (Å²) in [5.74, 6) is 0. The zero-order chi connectivity index (χ0) is 20.5. The molecule has 0 aliphatic carbocycles. The lowest BCUT2D eigenvalue weighted by Gasteiger charge is -2.41. The quantitative estimate of drug-likeness (QED) is 0.325. The van der Waals surface area contributed by atoms with Gasteiger partial charge in [-0.05, 0) is 78.6 Å². The second-order valence-electron chi connectivity index (χ2n) is 10.5. The van der Waals surface area contributed by atoms with E-state index in [2.05, 4.69) is 0 Å². The van der Waals surface area contributed by atoms with E-state index in [0.717, 1.165) is 0 Å². The van der Waals surface area contributed by atoms with Crippen LogP contribution in [0.25, 0.3) is 0 Å². The van der Waals surface area contributed by atoms with E-state index in [1.54, 1.807) is 0 Å². The molecule has 184 valence electrons. The minimum Gasteiger partial charge on any atom is -0.416 e. The van der Waals surface area contributed by atoms with Crippen LogP contribution in [0.4, 0.5) is 0 Å². The van der Waals surface area contributed by atoms with Crippen molar-refractivity contribution in [3.8, 4) is 0 Å². The summed E-state index contributed by atoms with van der Waals surface area (Å²) < 4.78 is 24.5. The van der Waals surface area contributed by atoms with Gasteiger partial charge in [0.05, 0.1) is 5.67 Å². The first kappa shape index (κ1) is 40.4. The molecule has 0 saturated carbocycles. The van der Waals surface area contributed by atoms with E-state index in [1.165, 1.54) is 0 Å². The van der Waals surface area contributed by atoms with Crippen molar-refractivity contribution in [1.29, 1.82) is 0 Å². The van der Waals surface area contributed by atoms with Gasteiger partial charge in [0.2, 0.25) is 0 Å². The lowest BCUT2D eigenvalue weighted by atomic mass is 11.8. The van der Waals surface area contributed by atoms with Gasteiger partial charge in [0.15, 0.2) is 33.3 Å². The summed E-state index contributed by atoms with van der Waals surface area (Å²) in [6.45, 7) is 24.1. The second kappa shape index (κ2) is 12.9. The van der Waals surface area contributed by atoms with Gasteiger partial charge in [0.25, 0.3) is 0 Å². The van der Waals surface area contributed by atoms with E-state index >= 15 is 0 Å². The van der Waals surface area contributed by atoms with Gasteiger partial charge in [0.1, 0.15) is 0 Å². The predicted octanol–water partition coefficient (Wildman–Crippen LogP) is 6.34. The van der Waals surface area contributed by atoms with Crippen molar-refractivity contribution in [2.24, 2.45) is 0 Å². The molecule has 0 atom stereocenters. The van der Waals surface area contributed by atoms with Crippen molar-refractivity contribution in [2.75, 3.05) is 0 Å². The average molecular weight is 525 g/mol. The van der Waals surface area contributed by atoms with Crippen molar-refractivity contribution >= 4 is 50.9 Å². The molecule has 0 saturated heterocycles. The molecule has 0 heterocycles. The molecule has 0 aromatic heterocycles. The van der Waals surface area contributed by atoms with Crippen LogP contribution in [0.15, 0.2) is 0 Å². The van der Waals surface area contributed by atoms with Crippen LogP contribution in [0, 0.1) is 0 Å². The molecule has 6 nitrogen and oxygen atoms in total. The fraction of sp³-hybridized carbons (Fsp3) is 1.00. The summed E-state index contributed by atoms with van der Waals surface area (Å²) in [6.07, 6.45) is 0. The van der Waals surface area contributed by atoms with Crippen LogP contribution in [-0.2, 0) is 16.5 Å². The van der Waals surface area contributed by atoms with Crippen molar-refractivity contribution in [2.45, 2.75) is 114 Å². The third kappa shape index (κ3) is 22.1. The summed E-state index contributed by atoms with van der Waals surface area (Å²) in [5, 5.41) is 0. The van der Waals surface area contributed by atoms with E-state index in [4.69, 9.17) is 16.5 Å². The number of rotatable bonds is 10. The summed E-state index contributed by atoms with van der Waals surface area (Å²) in [4.78, 5) is 22.6. The molecule has 0 fully saturated rings. The van der Waals surface area contributed by atoms with Gasteiger partial charge in [-0.1, -0.05) is 29.7 Å². The lowest BCUT2D eigenvalue weighted by Crippen LogP contribution is -2.64. The lowest BCUT2D eigenvalue weighted by molar-refractivity contribution is 0.215. The Morgan fingerprint density at radius 1 is 0.414 bits per heavy atom. The highest BCUT2D eigenvalue weighted by atomic mass is 28.5. The van der Waals surface area contributed by atoms with Crippen LogP contribution in [0.5, 0.6) is 0 Å². The molecular weight excluding hydrogens is 469 g/mol. The van der Waals surface area contributed by atoms with Gasteiger partial charge in [-0.3, -0.25) is 0 Å². The Balaban J connectivity index is -0.000000480. The van der Waals surface area contributed by atoms with Crippen LogP contribution < -0.4 is 0 Å². The maximum absolute atomic E-state index is 11.3. The minimum atomic E-state index is -3.63. The van der Waals surface area contributed by atoms with E-state index in [0.29, 0.717) is 0 Å². The third-order valence-electron chi connectivity index (χ3n) is 2.31. The molecular formula is C17H56O6Si6. The molecule has 0 rings (SSSR count). The number of hydrogen-bond acceptors (Lipinski definition) is 6. The molecule has 0 amide bonds. The Bertz CT molecular complexity index is 366. The van der Waals surface area contributed by atoms with Crippen LogP contribution in [0.3, 0.4) is 0 Å². The smallest absolute Gasteiger partial charge is 0.416 e. The van der Waals surface area contributed by atoms with E-state index in [-0.39, 0.29) is 35.4 Å². The van der Waals surface area contributed by atoms with Crippen molar-refractivity contribution in [1.82, 2.24) is 0 Å². The molecule has 0 spiro atoms. The van der Waals surface area contributed by atoms with Crippen LogP contribution in [-0.4, -0.2) is 60.5 Å². The molecule has 0 aromatic rings. The van der Waals surface area contributed by atoms with Gasteiger partial charge >= 0.3 is 17.6 Å². The van der Waals surface area contributed by atoms with Gasteiger partial charge in [-0.25, -0.2) is 0 Å². The molecule has 29 heavy (non-hydrogen) atoms. The molecule has 0 radical (unpaired) electrons. The van der Waals surface area contributed by atoms with Gasteiger partial charge in [-0.15, -0.1) is 0 Å². The Labute approximate surface area is 190 Å². The molecule has 0 aliphatic heterocycles. The third-order valence-corrected chi connectivity index (χ3v) is 20.8. The minimum absolute atomic E-state index is 0. The van der Waals surface area contributed by atoms with Crippen LogP contribution in [0.2, 0.25) is 84.2 Å². The van der Waals surface area contributed by atoms with E-state index < -0.39 is 50.9 Å². The fourth-order valence-electron chi connectivity index (χ4n) is 2.38. The zero-order valence-corrected chi connectivity index (χ0v) is 24.2. The molecule has 0 aliphatic rings. The zero-order valence-electron chi connectivity index (χ0n) is 18.2. The summed E-state index contributed by atoms with van der Waals surface area (Å²) >= 11 is 0. The maximum Gasteiger partial charge on any atom is 0.481 e. The summed E-state index contributed by atoms with van der Waals surface area (Å²) in [7, 11) is -15.6. The average Bonchev–Trinajstić information content (AvgIpc) is 1.97. The highest BCUT2D eigenvalue weighted by Gasteiger charge is 2.57. The molecule has 0 bridgehead atoms. The Kier molecular flexibility index (Phi) is 18.0. The first-order chi connectivity index (χ1) is 10.5. The van der Waals surface area contributed by atoms with Gasteiger partial charge in [-0.2, -0.15) is 0 Å². The van der Waals surface area contributed by atoms with Crippen molar-refractivity contribution in [3.63, 3.8) is 0 Å². The standard InChI is InChI=1S/C13H40O6Si6.4CH4/c1-20(2,3)16-24(14,17-21(4,5)6)13-25(15,18-22(7,8)9)19-23(10,11)12;;;;/h14-15H,13H2,1-12H3;4*1H4. The van der Waals surface area contributed by atoms with Gasteiger partial charge in [0, 0.05) is 0 Å². The molecule has 12 heteroatoms. The highest BCUT2D eigenvalue weighted by Crippen LogP contribution is 2.30. The van der Waals surface area contributed by atoms with E-state index in [9.17, 15) is 9.59 Å². The maximum atomic E-state index is 11.3. The normalized spacial score (nSPS) is 13.4. The van der Waals surface area contributed by atoms with Crippen LogP contribution in [0.1, 0.15) is 29.7 Å². The first-order valence-corrected chi connectivity index (χ1v) is 26.4. The summed E-state index contributed by atoms with van der Waals surface area (Å²) in [5.41, 5.74) is -0.0247. The Morgan fingerprint density at radius 3 is 0.655 bits per heavy atom. The molecule has 0 unspecified atom stereocenters. The topological polar surface area (TPSA) is 77.4 Å². The van der Waals surface area contributed by atoms with Crippen LogP contribution >= 0.6 is 0 Å². The summed E-state index contributed by atoms with van der Waals surface area (Å²) in [6, 6.07) is 0. The predicted molar refractivity (Wildman–Crippen MR) is 145 cm³/mol. The Morgan fingerprint density at radius 2 is 0.552 bits per heavy atom. The second-order valence-corrected chi connectivity index (χ2v) is 34.9. The first-order valence-electron chi connectivity index (χ1n) is 8.79. The largest absolute Gasteiger partial charge is 0.481 e. The van der Waals surface area contributed by atoms with Gasteiger partial charge < -0.3 is 26.1 Å². The Hall–Kier alpha value is 1.06. The fourth-order valence-corrected chi connectivity index (χ4v) is 24.8. The number of hydrogen-bond donors (Lipinski definition) is 2. The highest BCUT2D eigenvalue weighted by molar-refractivity contribution is 6.94. The molecule has 0 aromatic carbocycles. The van der Waals surface area contributed by atoms with Crippen molar-refractivity contribution < 1.29 is 26.1 Å². The van der Waals surface area contributed by atoms with Crippen molar-refractivity contribution in [3.05, 3.63) is 0 Å². The van der Waals surface area contributed by atoms with E-state index in [1.807, 2.05) is 78.6 Å². The monoisotopic (exact) mass is 524 g/mol. The molecule has 2 N–H and O–H groups in total. The SMILES string of the molecule is C.C.C.C.C[Si](C)(C)O[Si](O)(C[Si](O)(O[Si](C)(C)C)O[Si](C)(C)C)O[Si](C)(C)C.